The lowest BCUT2D eigenvalue weighted by Gasteiger charge is -2.31. The summed E-state index contributed by atoms with van der Waals surface area (Å²) in [6.45, 7) is 3.34. The van der Waals surface area contributed by atoms with Gasteiger partial charge < -0.3 is 15.2 Å². The number of nitrogens with zero attached hydrogens (tertiary/aromatic N) is 1. The van der Waals surface area contributed by atoms with Gasteiger partial charge in [-0.25, -0.2) is 0 Å². The SMILES string of the molecule is COCCN(CCOC)C(CN)c1cc(Br)ccc1Cl. The van der Waals surface area contributed by atoms with E-state index in [1.165, 1.54) is 0 Å². The quantitative estimate of drug-likeness (QED) is 0.731. The van der Waals surface area contributed by atoms with Crippen molar-refractivity contribution in [2.45, 2.75) is 6.04 Å². The van der Waals surface area contributed by atoms with Crippen molar-refractivity contribution in [3.8, 4) is 0 Å². The highest BCUT2D eigenvalue weighted by Gasteiger charge is 2.21. The molecule has 0 spiro atoms. The maximum absolute atomic E-state index is 6.32. The summed E-state index contributed by atoms with van der Waals surface area (Å²) in [6, 6.07) is 5.87. The molecule has 0 aromatic heterocycles. The topological polar surface area (TPSA) is 47.7 Å². The van der Waals surface area contributed by atoms with Gasteiger partial charge in [-0.3, -0.25) is 4.90 Å². The highest BCUT2D eigenvalue weighted by molar-refractivity contribution is 9.10. The zero-order chi connectivity index (χ0) is 15.0. The number of hydrogen-bond acceptors (Lipinski definition) is 4. The van der Waals surface area contributed by atoms with Crippen LogP contribution in [0, 0.1) is 0 Å². The first-order valence-corrected chi connectivity index (χ1v) is 7.68. The first kappa shape index (κ1) is 17.9. The number of hydrogen-bond donors (Lipinski definition) is 1. The average molecular weight is 366 g/mol. The standard InChI is InChI=1S/C14H22BrClN2O2/c1-19-7-5-18(6-8-20-2)14(10-17)12-9-11(15)3-4-13(12)16/h3-4,9,14H,5-8,10,17H2,1-2H3. The summed E-state index contributed by atoms with van der Waals surface area (Å²) in [5.41, 5.74) is 6.99. The van der Waals surface area contributed by atoms with Crippen LogP contribution in [-0.2, 0) is 9.47 Å². The summed E-state index contributed by atoms with van der Waals surface area (Å²) < 4.78 is 11.3. The van der Waals surface area contributed by atoms with Gasteiger partial charge in [-0.05, 0) is 23.8 Å². The van der Waals surface area contributed by atoms with Crippen molar-refractivity contribution >= 4 is 27.5 Å². The molecule has 6 heteroatoms. The lowest BCUT2D eigenvalue weighted by Crippen LogP contribution is -2.38. The van der Waals surface area contributed by atoms with Gasteiger partial charge in [0, 0.05) is 49.4 Å². The van der Waals surface area contributed by atoms with E-state index >= 15 is 0 Å². The Hall–Kier alpha value is -0.170. The Kier molecular flexibility index (Phi) is 8.68. The lowest BCUT2D eigenvalue weighted by atomic mass is 10.1. The molecule has 0 saturated heterocycles. The Morgan fingerprint density at radius 3 is 2.35 bits per heavy atom. The van der Waals surface area contributed by atoms with Crippen molar-refractivity contribution < 1.29 is 9.47 Å². The Bertz CT molecular complexity index is 399. The molecule has 0 radical (unpaired) electrons. The zero-order valence-electron chi connectivity index (χ0n) is 11.9. The highest BCUT2D eigenvalue weighted by Crippen LogP contribution is 2.29. The minimum atomic E-state index is 0.0466. The molecule has 0 fully saturated rings. The second kappa shape index (κ2) is 9.71. The average Bonchev–Trinajstić information content (AvgIpc) is 2.45. The van der Waals surface area contributed by atoms with Crippen LogP contribution in [0.3, 0.4) is 0 Å². The van der Waals surface area contributed by atoms with E-state index in [1.54, 1.807) is 14.2 Å². The summed E-state index contributed by atoms with van der Waals surface area (Å²) in [5.74, 6) is 0. The predicted octanol–water partition coefficient (Wildman–Crippen LogP) is 2.70. The van der Waals surface area contributed by atoms with Gasteiger partial charge in [-0.15, -0.1) is 0 Å². The van der Waals surface area contributed by atoms with Crippen molar-refractivity contribution in [2.24, 2.45) is 5.73 Å². The molecule has 1 aromatic rings. The van der Waals surface area contributed by atoms with E-state index in [4.69, 9.17) is 26.8 Å². The summed E-state index contributed by atoms with van der Waals surface area (Å²) in [6.07, 6.45) is 0. The predicted molar refractivity (Wildman–Crippen MR) is 86.3 cm³/mol. The molecule has 20 heavy (non-hydrogen) atoms. The third-order valence-corrected chi connectivity index (χ3v) is 3.98. The van der Waals surface area contributed by atoms with Gasteiger partial charge in [-0.1, -0.05) is 27.5 Å². The van der Waals surface area contributed by atoms with Gasteiger partial charge in [-0.2, -0.15) is 0 Å². The smallest absolute Gasteiger partial charge is 0.0589 e. The number of methoxy groups -OCH3 is 2. The molecule has 1 unspecified atom stereocenters. The van der Waals surface area contributed by atoms with Crippen LogP contribution in [-0.4, -0.2) is 52.0 Å². The first-order valence-electron chi connectivity index (χ1n) is 6.51. The van der Waals surface area contributed by atoms with Crippen LogP contribution in [0.15, 0.2) is 22.7 Å². The first-order chi connectivity index (χ1) is 9.63. The second-order valence-corrected chi connectivity index (χ2v) is 5.76. The molecule has 0 amide bonds. The summed E-state index contributed by atoms with van der Waals surface area (Å²) in [7, 11) is 3.38. The number of nitrogens with two attached hydrogens (primary N) is 1. The minimum absolute atomic E-state index is 0.0466. The minimum Gasteiger partial charge on any atom is -0.383 e. The van der Waals surface area contributed by atoms with Gasteiger partial charge >= 0.3 is 0 Å². The lowest BCUT2D eigenvalue weighted by molar-refractivity contribution is 0.0891. The molecule has 1 rings (SSSR count). The molecular formula is C14H22BrClN2O2. The van der Waals surface area contributed by atoms with E-state index in [1.807, 2.05) is 18.2 Å². The highest BCUT2D eigenvalue weighted by atomic mass is 79.9. The third kappa shape index (κ3) is 5.31. The summed E-state index contributed by atoms with van der Waals surface area (Å²) in [5, 5.41) is 0.725. The van der Waals surface area contributed by atoms with Crippen LogP contribution in [0.1, 0.15) is 11.6 Å². The van der Waals surface area contributed by atoms with Crippen LogP contribution in [0.25, 0.3) is 0 Å². The van der Waals surface area contributed by atoms with E-state index < -0.39 is 0 Å². The summed E-state index contributed by atoms with van der Waals surface area (Å²) >= 11 is 9.80. The van der Waals surface area contributed by atoms with E-state index in [0.29, 0.717) is 19.8 Å². The summed E-state index contributed by atoms with van der Waals surface area (Å²) in [4.78, 5) is 2.24. The molecule has 0 aliphatic rings. The fraction of sp³-hybridized carbons (Fsp3) is 0.571. The van der Waals surface area contributed by atoms with Crippen LogP contribution in [0.5, 0.6) is 0 Å². The Morgan fingerprint density at radius 2 is 1.85 bits per heavy atom. The normalized spacial score (nSPS) is 12.9. The molecule has 4 nitrogen and oxygen atoms in total. The zero-order valence-corrected chi connectivity index (χ0v) is 14.3. The van der Waals surface area contributed by atoms with E-state index in [-0.39, 0.29) is 6.04 Å². The van der Waals surface area contributed by atoms with Crippen LogP contribution in [0.2, 0.25) is 5.02 Å². The third-order valence-electron chi connectivity index (χ3n) is 3.15. The Balaban J connectivity index is 2.94. The van der Waals surface area contributed by atoms with Crippen LogP contribution >= 0.6 is 27.5 Å². The monoisotopic (exact) mass is 364 g/mol. The molecule has 0 aliphatic heterocycles. The van der Waals surface area contributed by atoms with Crippen LogP contribution < -0.4 is 5.73 Å². The van der Waals surface area contributed by atoms with Crippen molar-refractivity contribution in [2.75, 3.05) is 47.1 Å². The molecule has 114 valence electrons. The molecule has 0 saturated carbocycles. The largest absolute Gasteiger partial charge is 0.383 e. The van der Waals surface area contributed by atoms with Gasteiger partial charge in [0.05, 0.1) is 13.2 Å². The fourth-order valence-electron chi connectivity index (χ4n) is 2.08. The van der Waals surface area contributed by atoms with E-state index in [0.717, 1.165) is 28.1 Å². The number of benzene rings is 1. The molecule has 0 heterocycles. The van der Waals surface area contributed by atoms with Gasteiger partial charge in [0.25, 0.3) is 0 Å². The number of halogens is 2. The Labute approximate surface area is 134 Å². The van der Waals surface area contributed by atoms with Crippen molar-refractivity contribution in [3.05, 3.63) is 33.3 Å². The van der Waals surface area contributed by atoms with Gasteiger partial charge in [0.1, 0.15) is 0 Å². The molecule has 1 aromatic carbocycles. The van der Waals surface area contributed by atoms with Crippen LogP contribution in [0.4, 0.5) is 0 Å². The van der Waals surface area contributed by atoms with Crippen molar-refractivity contribution in [1.82, 2.24) is 4.90 Å². The molecule has 0 aliphatic carbocycles. The van der Waals surface area contributed by atoms with E-state index in [9.17, 15) is 0 Å². The molecule has 1 atom stereocenters. The fourth-order valence-corrected chi connectivity index (χ4v) is 2.71. The Morgan fingerprint density at radius 1 is 1.25 bits per heavy atom. The maximum atomic E-state index is 6.32. The van der Waals surface area contributed by atoms with E-state index in [2.05, 4.69) is 20.8 Å². The molecule has 0 bridgehead atoms. The maximum Gasteiger partial charge on any atom is 0.0589 e. The number of ether oxygens (including phenoxy) is 2. The van der Waals surface area contributed by atoms with Crippen molar-refractivity contribution in [3.63, 3.8) is 0 Å². The van der Waals surface area contributed by atoms with Gasteiger partial charge in [0.15, 0.2) is 0 Å². The molecule has 2 N–H and O–H groups in total. The van der Waals surface area contributed by atoms with Gasteiger partial charge in [0.2, 0.25) is 0 Å². The molecular weight excluding hydrogens is 344 g/mol. The number of rotatable bonds is 9. The van der Waals surface area contributed by atoms with Crippen molar-refractivity contribution in [1.29, 1.82) is 0 Å². The second-order valence-electron chi connectivity index (χ2n) is 4.44.